The van der Waals surface area contributed by atoms with Crippen LogP contribution in [-0.4, -0.2) is 24.2 Å². The second kappa shape index (κ2) is 8.62. The summed E-state index contributed by atoms with van der Waals surface area (Å²) in [5.41, 5.74) is 13.0. The third-order valence-corrected chi connectivity index (χ3v) is 4.09. The second-order valence-corrected chi connectivity index (χ2v) is 5.99. The molecular formula is C19H25ClN4O. The van der Waals surface area contributed by atoms with Crippen molar-refractivity contribution in [3.8, 4) is 0 Å². The van der Waals surface area contributed by atoms with Gasteiger partial charge in [0.15, 0.2) is 5.88 Å². The molecule has 0 unspecified atom stereocenters. The maximum absolute atomic E-state index is 5.84. The summed E-state index contributed by atoms with van der Waals surface area (Å²) in [5, 5.41) is 1.35. The van der Waals surface area contributed by atoms with Crippen molar-refractivity contribution in [2.24, 2.45) is 11.5 Å². The normalized spacial score (nSPS) is 15.8. The number of hydrogen-bond acceptors (Lipinski definition) is 5. The Hall–Kier alpha value is -2.40. The lowest BCUT2D eigenvalue weighted by molar-refractivity contribution is 0.0884. The van der Waals surface area contributed by atoms with E-state index in [-0.39, 0.29) is 11.3 Å². The molecule has 0 amide bonds. The molecule has 0 saturated carbocycles. The molecule has 1 aliphatic rings. The Morgan fingerprint density at radius 2 is 1.88 bits per heavy atom. The standard InChI is InChI=1S/C17H19ClN4O.C2H6/c1-11(17(18)20)8-15(19)23-13-9-22(10-13)16-7-6-12-4-2-3-5-14(12)21-16;1-2/h2-8,13H,9-10,19-20H2,1H3;1-2H3/b15-8+,17-11-;. The molecule has 3 rings (SSSR count). The molecule has 0 atom stereocenters. The summed E-state index contributed by atoms with van der Waals surface area (Å²) in [6.45, 7) is 7.28. The first-order valence-electron chi connectivity index (χ1n) is 8.39. The lowest BCUT2D eigenvalue weighted by Crippen LogP contribution is -2.52. The van der Waals surface area contributed by atoms with Crippen LogP contribution in [0.4, 0.5) is 5.82 Å². The predicted molar refractivity (Wildman–Crippen MR) is 105 cm³/mol. The van der Waals surface area contributed by atoms with Gasteiger partial charge in [-0.15, -0.1) is 0 Å². The van der Waals surface area contributed by atoms with E-state index in [4.69, 9.17) is 27.8 Å². The molecular weight excluding hydrogens is 336 g/mol. The molecule has 5 nitrogen and oxygen atoms in total. The highest BCUT2D eigenvalue weighted by molar-refractivity contribution is 6.29. The van der Waals surface area contributed by atoms with Gasteiger partial charge in [0, 0.05) is 11.5 Å². The van der Waals surface area contributed by atoms with Crippen LogP contribution in [0.25, 0.3) is 10.9 Å². The number of benzene rings is 1. The minimum atomic E-state index is 0.0453. The van der Waals surface area contributed by atoms with Crippen LogP contribution in [0.5, 0.6) is 0 Å². The van der Waals surface area contributed by atoms with Gasteiger partial charge in [-0.25, -0.2) is 4.98 Å². The van der Waals surface area contributed by atoms with E-state index in [2.05, 4.69) is 22.0 Å². The molecule has 0 radical (unpaired) electrons. The molecule has 0 spiro atoms. The number of hydrogen-bond donors (Lipinski definition) is 2. The molecule has 1 aromatic carbocycles. The maximum atomic E-state index is 5.84. The van der Waals surface area contributed by atoms with E-state index in [9.17, 15) is 0 Å². The third-order valence-electron chi connectivity index (χ3n) is 3.79. The topological polar surface area (TPSA) is 77.4 Å². The Morgan fingerprint density at radius 1 is 1.20 bits per heavy atom. The molecule has 4 N–H and O–H groups in total. The number of rotatable bonds is 4. The molecule has 134 valence electrons. The van der Waals surface area contributed by atoms with E-state index in [1.54, 1.807) is 13.0 Å². The number of pyridine rings is 1. The Labute approximate surface area is 153 Å². The quantitative estimate of drug-likeness (QED) is 0.494. The number of halogens is 1. The van der Waals surface area contributed by atoms with Gasteiger partial charge in [-0.2, -0.15) is 0 Å². The van der Waals surface area contributed by atoms with Gasteiger partial charge in [-0.05, 0) is 30.7 Å². The van der Waals surface area contributed by atoms with Crippen LogP contribution in [-0.2, 0) is 4.74 Å². The van der Waals surface area contributed by atoms with Gasteiger partial charge in [-0.3, -0.25) is 0 Å². The number of nitrogens with zero attached hydrogens (tertiary/aromatic N) is 2. The first-order valence-corrected chi connectivity index (χ1v) is 8.77. The Morgan fingerprint density at radius 3 is 2.56 bits per heavy atom. The minimum absolute atomic E-state index is 0.0453. The zero-order valence-electron chi connectivity index (χ0n) is 14.9. The highest BCUT2D eigenvalue weighted by Crippen LogP contribution is 2.24. The summed E-state index contributed by atoms with van der Waals surface area (Å²) in [7, 11) is 0. The van der Waals surface area contributed by atoms with Crippen molar-refractivity contribution in [2.45, 2.75) is 26.9 Å². The smallest absolute Gasteiger partial charge is 0.184 e. The maximum Gasteiger partial charge on any atom is 0.184 e. The summed E-state index contributed by atoms with van der Waals surface area (Å²) in [6.07, 6.45) is 1.68. The number of ether oxygens (including phenoxy) is 1. The number of fused-ring (bicyclic) bond motifs is 1. The number of nitrogens with two attached hydrogens (primary N) is 2. The van der Waals surface area contributed by atoms with Gasteiger partial charge in [0.1, 0.15) is 17.1 Å². The van der Waals surface area contributed by atoms with Crippen LogP contribution in [0.3, 0.4) is 0 Å². The predicted octanol–water partition coefficient (Wildman–Crippen LogP) is 3.70. The molecule has 1 saturated heterocycles. The van der Waals surface area contributed by atoms with Crippen LogP contribution >= 0.6 is 11.6 Å². The first kappa shape index (κ1) is 18.9. The van der Waals surface area contributed by atoms with Gasteiger partial charge >= 0.3 is 0 Å². The molecule has 1 fully saturated rings. The average molecular weight is 361 g/mol. The fourth-order valence-electron chi connectivity index (χ4n) is 2.44. The van der Waals surface area contributed by atoms with E-state index in [1.807, 2.05) is 38.1 Å². The third kappa shape index (κ3) is 4.79. The van der Waals surface area contributed by atoms with Gasteiger partial charge < -0.3 is 21.1 Å². The zero-order valence-corrected chi connectivity index (χ0v) is 15.6. The molecule has 2 heterocycles. The average Bonchev–Trinajstić information content (AvgIpc) is 2.59. The summed E-state index contributed by atoms with van der Waals surface area (Å²) >= 11 is 5.69. The highest BCUT2D eigenvalue weighted by Gasteiger charge is 2.29. The van der Waals surface area contributed by atoms with E-state index < -0.39 is 0 Å². The Kier molecular flexibility index (Phi) is 6.53. The van der Waals surface area contributed by atoms with Gasteiger partial charge in [-0.1, -0.05) is 43.6 Å². The van der Waals surface area contributed by atoms with Crippen molar-refractivity contribution >= 4 is 28.3 Å². The fourth-order valence-corrected chi connectivity index (χ4v) is 2.49. The summed E-state index contributed by atoms with van der Waals surface area (Å²) < 4.78 is 5.67. The molecule has 0 aliphatic carbocycles. The Bertz CT molecular complexity index is 778. The Balaban J connectivity index is 0.00000109. The van der Waals surface area contributed by atoms with E-state index in [0.717, 1.165) is 29.8 Å². The SMILES string of the molecule is CC.CC(/C=C(\N)OC1CN(c2ccc3ccccc3n2)C1)=C(/N)Cl. The lowest BCUT2D eigenvalue weighted by atomic mass is 10.1. The summed E-state index contributed by atoms with van der Waals surface area (Å²) in [6, 6.07) is 12.2. The van der Waals surface area contributed by atoms with Crippen LogP contribution in [0.15, 0.2) is 59.1 Å². The van der Waals surface area contributed by atoms with Gasteiger partial charge in [0.2, 0.25) is 0 Å². The van der Waals surface area contributed by atoms with Crippen molar-refractivity contribution in [1.82, 2.24) is 4.98 Å². The van der Waals surface area contributed by atoms with Crippen LogP contribution in [0.2, 0.25) is 0 Å². The lowest BCUT2D eigenvalue weighted by Gasteiger charge is -2.39. The number of anilines is 1. The summed E-state index contributed by atoms with van der Waals surface area (Å²) in [5.74, 6) is 1.27. The van der Waals surface area contributed by atoms with Crippen molar-refractivity contribution in [3.63, 3.8) is 0 Å². The van der Waals surface area contributed by atoms with Crippen molar-refractivity contribution < 1.29 is 4.74 Å². The second-order valence-electron chi connectivity index (χ2n) is 5.58. The van der Waals surface area contributed by atoms with Crippen LogP contribution in [0.1, 0.15) is 20.8 Å². The summed E-state index contributed by atoms with van der Waals surface area (Å²) in [4.78, 5) is 6.82. The minimum Gasteiger partial charge on any atom is -0.472 e. The molecule has 25 heavy (non-hydrogen) atoms. The monoisotopic (exact) mass is 360 g/mol. The number of para-hydroxylation sites is 1. The number of allylic oxidation sites excluding steroid dienone is 2. The molecule has 6 heteroatoms. The van der Waals surface area contributed by atoms with Gasteiger partial charge in [0.05, 0.1) is 18.6 Å². The number of aromatic nitrogens is 1. The highest BCUT2D eigenvalue weighted by atomic mass is 35.5. The van der Waals surface area contributed by atoms with Crippen LogP contribution in [0, 0.1) is 0 Å². The molecule has 2 aromatic rings. The van der Waals surface area contributed by atoms with E-state index >= 15 is 0 Å². The molecule has 1 aromatic heterocycles. The van der Waals surface area contributed by atoms with Crippen molar-refractivity contribution in [3.05, 3.63) is 59.1 Å². The molecule has 0 bridgehead atoms. The van der Waals surface area contributed by atoms with Gasteiger partial charge in [0.25, 0.3) is 0 Å². The van der Waals surface area contributed by atoms with Crippen LogP contribution < -0.4 is 16.4 Å². The van der Waals surface area contributed by atoms with E-state index in [0.29, 0.717) is 11.5 Å². The largest absolute Gasteiger partial charge is 0.472 e. The van der Waals surface area contributed by atoms with E-state index in [1.165, 1.54) is 0 Å². The first-order chi connectivity index (χ1) is 12.0. The fraction of sp³-hybridized carbons (Fsp3) is 0.316. The van der Waals surface area contributed by atoms with Crippen molar-refractivity contribution in [2.75, 3.05) is 18.0 Å². The van der Waals surface area contributed by atoms with Crippen molar-refractivity contribution in [1.29, 1.82) is 0 Å². The zero-order chi connectivity index (χ0) is 18.4. The molecule has 1 aliphatic heterocycles.